The third-order valence-corrected chi connectivity index (χ3v) is 4.40. The molecule has 0 bridgehead atoms. The van der Waals surface area contributed by atoms with E-state index in [9.17, 15) is 0 Å². The Kier molecular flexibility index (Phi) is 3.98. The fraction of sp³-hybridized carbons (Fsp3) is 0.136. The highest BCUT2D eigenvalue weighted by Gasteiger charge is 2.08. The number of benzene rings is 2. The molecule has 0 saturated heterocycles. The van der Waals surface area contributed by atoms with Crippen LogP contribution in [0.2, 0.25) is 0 Å². The lowest BCUT2D eigenvalue weighted by atomic mass is 10.1. The number of rotatable bonds is 4. The second-order valence-corrected chi connectivity index (χ2v) is 6.33. The fourth-order valence-corrected chi connectivity index (χ4v) is 2.96. The van der Waals surface area contributed by atoms with Gasteiger partial charge in [0, 0.05) is 11.8 Å². The lowest BCUT2D eigenvalue weighted by Gasteiger charge is -2.11. The summed E-state index contributed by atoms with van der Waals surface area (Å²) < 4.78 is 8.10. The molecule has 124 valence electrons. The van der Waals surface area contributed by atoms with E-state index in [1.165, 1.54) is 11.1 Å². The number of hydrogen-bond acceptors (Lipinski definition) is 2. The Hall–Kier alpha value is -3.07. The van der Waals surface area contributed by atoms with Crippen molar-refractivity contribution in [3.05, 3.63) is 89.7 Å². The van der Waals surface area contributed by atoms with E-state index in [1.807, 2.05) is 36.7 Å². The number of ether oxygens (including phenoxy) is 1. The van der Waals surface area contributed by atoms with Crippen LogP contribution in [0.3, 0.4) is 0 Å². The fourth-order valence-electron chi connectivity index (χ4n) is 2.96. The molecule has 2 aromatic carbocycles. The summed E-state index contributed by atoms with van der Waals surface area (Å²) >= 11 is 0. The van der Waals surface area contributed by atoms with Crippen molar-refractivity contribution < 1.29 is 4.74 Å². The van der Waals surface area contributed by atoms with Crippen LogP contribution in [-0.2, 0) is 6.61 Å². The highest BCUT2D eigenvalue weighted by Crippen LogP contribution is 2.27. The third kappa shape index (κ3) is 3.13. The van der Waals surface area contributed by atoms with E-state index in [0.717, 1.165) is 28.2 Å². The van der Waals surface area contributed by atoms with E-state index >= 15 is 0 Å². The quantitative estimate of drug-likeness (QED) is 0.515. The number of hydrogen-bond donors (Lipinski definition) is 0. The standard InChI is InChI=1S/C22H20N2O/c1-16-6-8-18(9-7-16)15-25-21-11-10-19(13-17(21)2)20-14-23-22-5-3-4-12-24(20)22/h3-14H,15H2,1-2H3. The zero-order chi connectivity index (χ0) is 17.2. The van der Waals surface area contributed by atoms with E-state index in [0.29, 0.717) is 6.61 Å². The minimum atomic E-state index is 0.579. The van der Waals surface area contributed by atoms with Crippen molar-refractivity contribution in [2.75, 3.05) is 0 Å². The molecule has 0 aliphatic heterocycles. The number of pyridine rings is 1. The van der Waals surface area contributed by atoms with E-state index in [4.69, 9.17) is 4.74 Å². The van der Waals surface area contributed by atoms with Crippen LogP contribution in [0, 0.1) is 13.8 Å². The Bertz CT molecular complexity index is 1020. The van der Waals surface area contributed by atoms with Crippen molar-refractivity contribution in [3.63, 3.8) is 0 Å². The zero-order valence-corrected chi connectivity index (χ0v) is 14.4. The summed E-state index contributed by atoms with van der Waals surface area (Å²) in [6.45, 7) is 4.75. The smallest absolute Gasteiger partial charge is 0.137 e. The Morgan fingerprint density at radius 1 is 0.960 bits per heavy atom. The zero-order valence-electron chi connectivity index (χ0n) is 14.4. The highest BCUT2D eigenvalue weighted by molar-refractivity contribution is 5.65. The molecule has 4 rings (SSSR count). The second-order valence-electron chi connectivity index (χ2n) is 6.33. The molecule has 0 N–H and O–H groups in total. The van der Waals surface area contributed by atoms with Crippen LogP contribution in [0.1, 0.15) is 16.7 Å². The van der Waals surface area contributed by atoms with Gasteiger partial charge in [0.1, 0.15) is 18.0 Å². The van der Waals surface area contributed by atoms with Gasteiger partial charge in [0.05, 0.1) is 11.9 Å². The lowest BCUT2D eigenvalue weighted by molar-refractivity contribution is 0.304. The van der Waals surface area contributed by atoms with Gasteiger partial charge in [-0.3, -0.25) is 4.40 Å². The summed E-state index contributed by atoms with van der Waals surface area (Å²) in [6, 6.07) is 20.8. The van der Waals surface area contributed by atoms with Crippen LogP contribution in [-0.4, -0.2) is 9.38 Å². The molecule has 0 saturated carbocycles. The van der Waals surface area contributed by atoms with Crippen molar-refractivity contribution in [3.8, 4) is 17.0 Å². The Labute approximate surface area is 147 Å². The topological polar surface area (TPSA) is 26.5 Å². The minimum absolute atomic E-state index is 0.579. The summed E-state index contributed by atoms with van der Waals surface area (Å²) in [5, 5.41) is 0. The van der Waals surface area contributed by atoms with E-state index in [-0.39, 0.29) is 0 Å². The van der Waals surface area contributed by atoms with Gasteiger partial charge >= 0.3 is 0 Å². The van der Waals surface area contributed by atoms with E-state index < -0.39 is 0 Å². The average molecular weight is 328 g/mol. The molecule has 0 unspecified atom stereocenters. The largest absolute Gasteiger partial charge is 0.489 e. The average Bonchev–Trinajstić information content (AvgIpc) is 3.06. The van der Waals surface area contributed by atoms with Gasteiger partial charge in [-0.05, 0) is 55.3 Å². The van der Waals surface area contributed by atoms with Crippen LogP contribution < -0.4 is 4.74 Å². The van der Waals surface area contributed by atoms with Gasteiger partial charge in [-0.1, -0.05) is 35.9 Å². The summed E-state index contributed by atoms with van der Waals surface area (Å²) in [5.41, 5.74) is 6.74. The molecule has 0 aliphatic rings. The number of imidazole rings is 1. The van der Waals surface area contributed by atoms with Gasteiger partial charge in [0.15, 0.2) is 0 Å². The monoisotopic (exact) mass is 328 g/mol. The van der Waals surface area contributed by atoms with Crippen molar-refractivity contribution in [2.24, 2.45) is 0 Å². The Morgan fingerprint density at radius 3 is 2.60 bits per heavy atom. The van der Waals surface area contributed by atoms with E-state index in [1.54, 1.807) is 0 Å². The summed E-state index contributed by atoms with van der Waals surface area (Å²) in [7, 11) is 0. The maximum Gasteiger partial charge on any atom is 0.137 e. The van der Waals surface area contributed by atoms with Gasteiger partial charge in [-0.15, -0.1) is 0 Å². The molecule has 0 atom stereocenters. The predicted molar refractivity (Wildman–Crippen MR) is 101 cm³/mol. The number of aryl methyl sites for hydroxylation is 2. The normalized spacial score (nSPS) is 11.0. The molecule has 2 aromatic heterocycles. The molecular formula is C22H20N2O. The van der Waals surface area contributed by atoms with Gasteiger partial charge in [0.25, 0.3) is 0 Å². The van der Waals surface area contributed by atoms with Gasteiger partial charge in [0.2, 0.25) is 0 Å². The van der Waals surface area contributed by atoms with Gasteiger partial charge in [-0.2, -0.15) is 0 Å². The summed E-state index contributed by atoms with van der Waals surface area (Å²) in [6.07, 6.45) is 3.95. The first-order valence-electron chi connectivity index (χ1n) is 8.42. The Balaban J connectivity index is 1.57. The van der Waals surface area contributed by atoms with Gasteiger partial charge < -0.3 is 4.74 Å². The minimum Gasteiger partial charge on any atom is -0.489 e. The lowest BCUT2D eigenvalue weighted by Crippen LogP contribution is -1.97. The SMILES string of the molecule is Cc1ccc(COc2ccc(-c3cnc4ccccn34)cc2C)cc1. The molecule has 2 heterocycles. The van der Waals surface area contributed by atoms with Gasteiger partial charge in [-0.25, -0.2) is 4.98 Å². The molecule has 0 radical (unpaired) electrons. The maximum absolute atomic E-state index is 6.00. The molecule has 25 heavy (non-hydrogen) atoms. The third-order valence-electron chi connectivity index (χ3n) is 4.40. The van der Waals surface area contributed by atoms with Crippen LogP contribution in [0.4, 0.5) is 0 Å². The van der Waals surface area contributed by atoms with Crippen molar-refractivity contribution in [1.82, 2.24) is 9.38 Å². The molecule has 0 fully saturated rings. The first-order valence-corrected chi connectivity index (χ1v) is 8.42. The first-order chi connectivity index (χ1) is 12.2. The number of nitrogens with zero attached hydrogens (tertiary/aromatic N) is 2. The first kappa shape index (κ1) is 15.5. The number of aromatic nitrogens is 2. The predicted octanol–water partition coefficient (Wildman–Crippen LogP) is 5.20. The summed E-state index contributed by atoms with van der Waals surface area (Å²) in [5.74, 6) is 0.915. The Morgan fingerprint density at radius 2 is 1.80 bits per heavy atom. The molecule has 0 amide bonds. The van der Waals surface area contributed by atoms with Crippen LogP contribution >= 0.6 is 0 Å². The van der Waals surface area contributed by atoms with Crippen molar-refractivity contribution in [2.45, 2.75) is 20.5 Å². The number of fused-ring (bicyclic) bond motifs is 1. The molecule has 3 nitrogen and oxygen atoms in total. The maximum atomic E-state index is 6.00. The molecular weight excluding hydrogens is 308 g/mol. The van der Waals surface area contributed by atoms with Crippen molar-refractivity contribution in [1.29, 1.82) is 0 Å². The molecule has 3 heteroatoms. The van der Waals surface area contributed by atoms with Crippen LogP contribution in [0.5, 0.6) is 5.75 Å². The second kappa shape index (κ2) is 6.44. The van der Waals surface area contributed by atoms with E-state index in [2.05, 4.69) is 59.6 Å². The van der Waals surface area contributed by atoms with Crippen molar-refractivity contribution >= 4 is 5.65 Å². The molecule has 0 spiro atoms. The molecule has 0 aliphatic carbocycles. The van der Waals surface area contributed by atoms with Crippen LogP contribution in [0.15, 0.2) is 73.1 Å². The van der Waals surface area contributed by atoms with Crippen LogP contribution in [0.25, 0.3) is 16.9 Å². The highest BCUT2D eigenvalue weighted by atomic mass is 16.5. The summed E-state index contributed by atoms with van der Waals surface area (Å²) in [4.78, 5) is 4.46. The molecule has 4 aromatic rings.